The number of fused-ring (bicyclic) bond motifs is 1. The monoisotopic (exact) mass is 391 g/mol. The Morgan fingerprint density at radius 2 is 1.93 bits per heavy atom. The molecule has 2 heterocycles. The van der Waals surface area contributed by atoms with E-state index in [2.05, 4.69) is 21.6 Å². The van der Waals surface area contributed by atoms with Crippen molar-refractivity contribution in [1.82, 2.24) is 10.2 Å². The summed E-state index contributed by atoms with van der Waals surface area (Å²) in [5.74, 6) is 1.27. The molecule has 2 fully saturated rings. The Morgan fingerprint density at radius 1 is 1.17 bits per heavy atom. The van der Waals surface area contributed by atoms with Gasteiger partial charge in [0.15, 0.2) is 11.6 Å². The van der Waals surface area contributed by atoms with Gasteiger partial charge in [0, 0.05) is 32.6 Å². The molecule has 0 unspecified atom stereocenters. The molecule has 0 amide bonds. The molecule has 3 aliphatic rings. The number of carbonyl (C=O) groups is 1. The molecule has 0 aromatic heterocycles. The second kappa shape index (κ2) is 9.23. The Kier molecular flexibility index (Phi) is 6.26. The second-order valence-electron chi connectivity index (χ2n) is 8.14. The summed E-state index contributed by atoms with van der Waals surface area (Å²) in [6, 6.07) is 9.99. The molecular weight excluding hydrogens is 362 g/mol. The van der Waals surface area contributed by atoms with Crippen LogP contribution in [0.15, 0.2) is 40.5 Å². The number of para-hydroxylation sites is 2. The van der Waals surface area contributed by atoms with E-state index in [9.17, 15) is 10.1 Å². The highest BCUT2D eigenvalue weighted by Gasteiger charge is 2.28. The van der Waals surface area contributed by atoms with Crippen LogP contribution in [0.4, 0.5) is 11.4 Å². The number of nitrogens with zero attached hydrogens (tertiary/aromatic N) is 3. The molecule has 1 aliphatic carbocycles. The Balaban J connectivity index is 1.61. The van der Waals surface area contributed by atoms with Crippen molar-refractivity contribution in [2.24, 2.45) is 10.9 Å². The van der Waals surface area contributed by atoms with E-state index < -0.39 is 0 Å². The summed E-state index contributed by atoms with van der Waals surface area (Å²) in [4.78, 5) is 20.1. The van der Waals surface area contributed by atoms with Crippen LogP contribution in [0.1, 0.15) is 44.9 Å². The van der Waals surface area contributed by atoms with Gasteiger partial charge in [-0.15, -0.1) is 0 Å². The van der Waals surface area contributed by atoms with Gasteiger partial charge in [0.1, 0.15) is 17.3 Å². The number of benzene rings is 1. The predicted octanol–water partition coefficient (Wildman–Crippen LogP) is 3.75. The second-order valence-corrected chi connectivity index (χ2v) is 8.14. The Bertz CT molecular complexity index is 854. The largest absolute Gasteiger partial charge is 0.352 e. The number of piperazine rings is 1. The fraction of sp³-hybridized carbons (Fsp3) is 0.522. The molecule has 29 heavy (non-hydrogen) atoms. The lowest BCUT2D eigenvalue weighted by Crippen LogP contribution is -2.48. The third-order valence-corrected chi connectivity index (χ3v) is 6.18. The molecular formula is C23H29N5O. The molecule has 0 atom stereocenters. The number of nitriles is 1. The minimum Gasteiger partial charge on any atom is -0.352 e. The third kappa shape index (κ3) is 4.51. The lowest BCUT2D eigenvalue weighted by atomic mass is 9.85. The number of hydrogen-bond acceptors (Lipinski definition) is 6. The number of amidine groups is 1. The van der Waals surface area contributed by atoms with E-state index in [4.69, 9.17) is 4.99 Å². The summed E-state index contributed by atoms with van der Waals surface area (Å²) < 4.78 is 0. The van der Waals surface area contributed by atoms with Crippen LogP contribution in [0.3, 0.4) is 0 Å². The summed E-state index contributed by atoms with van der Waals surface area (Å²) >= 11 is 0. The Hall–Kier alpha value is -2.65. The highest BCUT2D eigenvalue weighted by atomic mass is 16.1. The first kappa shape index (κ1) is 19.7. The average Bonchev–Trinajstić information content (AvgIpc) is 2.79. The number of hydrogen-bond donors (Lipinski definition) is 2. The van der Waals surface area contributed by atoms with Crippen LogP contribution < -0.4 is 10.6 Å². The van der Waals surface area contributed by atoms with Gasteiger partial charge in [0.2, 0.25) is 0 Å². The minimum atomic E-state index is -0.0669. The van der Waals surface area contributed by atoms with Gasteiger partial charge in [0.25, 0.3) is 0 Å². The Morgan fingerprint density at radius 3 is 2.69 bits per heavy atom. The maximum absolute atomic E-state index is 13.1. The maximum Gasteiger partial charge on any atom is 0.175 e. The maximum atomic E-state index is 13.1. The van der Waals surface area contributed by atoms with Gasteiger partial charge < -0.3 is 15.5 Å². The fourth-order valence-electron chi connectivity index (χ4n) is 4.51. The molecule has 4 rings (SSSR count). The molecule has 1 saturated heterocycles. The first-order valence-electron chi connectivity index (χ1n) is 10.8. The topological polar surface area (TPSA) is 80.5 Å². The van der Waals surface area contributed by atoms with Crippen LogP contribution in [0.2, 0.25) is 0 Å². The molecule has 152 valence electrons. The zero-order chi connectivity index (χ0) is 20.1. The zero-order valence-corrected chi connectivity index (χ0v) is 16.9. The van der Waals surface area contributed by atoms with E-state index in [-0.39, 0.29) is 11.4 Å². The van der Waals surface area contributed by atoms with E-state index in [1.807, 2.05) is 24.3 Å². The molecule has 6 nitrogen and oxygen atoms in total. The van der Waals surface area contributed by atoms with Crippen molar-refractivity contribution in [3.05, 3.63) is 35.5 Å². The van der Waals surface area contributed by atoms with Gasteiger partial charge >= 0.3 is 0 Å². The summed E-state index contributed by atoms with van der Waals surface area (Å²) in [7, 11) is 0. The first-order valence-corrected chi connectivity index (χ1v) is 10.8. The van der Waals surface area contributed by atoms with E-state index in [1.165, 1.54) is 32.1 Å². The smallest absolute Gasteiger partial charge is 0.175 e. The van der Waals surface area contributed by atoms with Crippen LogP contribution in [-0.2, 0) is 4.79 Å². The molecule has 1 aromatic carbocycles. The Labute approximate surface area is 172 Å². The van der Waals surface area contributed by atoms with Crippen molar-refractivity contribution < 1.29 is 4.79 Å². The van der Waals surface area contributed by atoms with Crippen LogP contribution in [0.25, 0.3) is 0 Å². The summed E-state index contributed by atoms with van der Waals surface area (Å²) in [6.45, 7) is 3.35. The lowest BCUT2D eigenvalue weighted by molar-refractivity contribution is -0.115. The lowest BCUT2D eigenvalue weighted by Gasteiger charge is -2.34. The average molecular weight is 392 g/mol. The predicted molar refractivity (Wildman–Crippen MR) is 115 cm³/mol. The normalized spacial score (nSPS) is 21.5. The van der Waals surface area contributed by atoms with Crippen LogP contribution in [0, 0.1) is 17.2 Å². The molecule has 2 N–H and O–H groups in total. The van der Waals surface area contributed by atoms with Gasteiger partial charge in [-0.3, -0.25) is 4.79 Å². The molecule has 0 radical (unpaired) electrons. The van der Waals surface area contributed by atoms with Crippen LogP contribution in [-0.4, -0.2) is 42.7 Å². The van der Waals surface area contributed by atoms with Crippen molar-refractivity contribution in [3.8, 4) is 6.07 Å². The number of aliphatic imine (C=N–C) groups is 1. The highest BCUT2D eigenvalue weighted by molar-refractivity contribution is 6.14. The number of allylic oxidation sites excluding steroid dienone is 1. The number of carbonyl (C=O) groups excluding carboxylic acids is 1. The number of ketones is 1. The molecule has 6 heteroatoms. The van der Waals surface area contributed by atoms with Crippen LogP contribution >= 0.6 is 0 Å². The van der Waals surface area contributed by atoms with Crippen molar-refractivity contribution in [2.75, 3.05) is 31.5 Å². The summed E-state index contributed by atoms with van der Waals surface area (Å²) in [5, 5.41) is 16.6. The standard InChI is InChI=1S/C23H29N5O/c24-16-18(21(29)11-10-17-6-2-1-3-7-17)22-23(28-14-12-25-13-15-28)27-20-9-5-4-8-19(20)26-22/h4-5,8-9,17,25-26H,1-3,6-7,10-15H2/b22-18-. The molecule has 1 saturated carbocycles. The van der Waals surface area contributed by atoms with Crippen molar-refractivity contribution in [3.63, 3.8) is 0 Å². The summed E-state index contributed by atoms with van der Waals surface area (Å²) in [5.41, 5.74) is 2.47. The van der Waals surface area contributed by atoms with Gasteiger partial charge in [-0.25, -0.2) is 4.99 Å². The van der Waals surface area contributed by atoms with Gasteiger partial charge in [0.05, 0.1) is 11.4 Å². The molecule has 2 aliphatic heterocycles. The number of nitrogens with one attached hydrogen (secondary N) is 2. The number of anilines is 1. The van der Waals surface area contributed by atoms with Gasteiger partial charge in [-0.2, -0.15) is 5.26 Å². The zero-order valence-electron chi connectivity index (χ0n) is 16.9. The van der Waals surface area contributed by atoms with E-state index in [0.29, 0.717) is 23.9 Å². The van der Waals surface area contributed by atoms with E-state index >= 15 is 0 Å². The molecule has 0 bridgehead atoms. The minimum absolute atomic E-state index is 0.0669. The van der Waals surface area contributed by atoms with Crippen LogP contribution in [0.5, 0.6) is 0 Å². The van der Waals surface area contributed by atoms with E-state index in [0.717, 1.165) is 44.0 Å². The summed E-state index contributed by atoms with van der Waals surface area (Å²) in [6.07, 6.45) is 7.59. The first-order chi connectivity index (χ1) is 14.3. The van der Waals surface area contributed by atoms with Crippen molar-refractivity contribution in [2.45, 2.75) is 44.9 Å². The van der Waals surface area contributed by atoms with Gasteiger partial charge in [-0.05, 0) is 24.5 Å². The highest BCUT2D eigenvalue weighted by Crippen LogP contribution is 2.33. The number of rotatable bonds is 4. The quantitative estimate of drug-likeness (QED) is 0.603. The SMILES string of the molecule is N#C/C(C(=O)CCC1CCCCC1)=C1/Nc2ccccc2N=C1N1CCNCC1. The fourth-order valence-corrected chi connectivity index (χ4v) is 4.51. The molecule has 0 spiro atoms. The van der Waals surface area contributed by atoms with Crippen molar-refractivity contribution in [1.29, 1.82) is 5.26 Å². The van der Waals surface area contributed by atoms with Crippen molar-refractivity contribution >= 4 is 23.0 Å². The van der Waals surface area contributed by atoms with Gasteiger partial charge in [-0.1, -0.05) is 44.2 Å². The van der Waals surface area contributed by atoms with E-state index in [1.54, 1.807) is 0 Å². The third-order valence-electron chi connectivity index (χ3n) is 6.18. The molecule has 1 aromatic rings. The number of Topliss-reactive ketones (excluding diaryl/α,β-unsaturated/α-hetero) is 1.